The Morgan fingerprint density at radius 1 is 1.30 bits per heavy atom. The summed E-state index contributed by atoms with van der Waals surface area (Å²) in [6, 6.07) is 0.280. The zero-order valence-electron chi connectivity index (χ0n) is 12.7. The van der Waals surface area contributed by atoms with Crippen LogP contribution in [0.5, 0.6) is 0 Å². The van der Waals surface area contributed by atoms with Crippen LogP contribution in [-0.4, -0.2) is 50.2 Å². The van der Waals surface area contributed by atoms with E-state index < -0.39 is 21.5 Å². The second-order valence-electron chi connectivity index (χ2n) is 6.38. The number of rotatable bonds is 4. The summed E-state index contributed by atoms with van der Waals surface area (Å²) in [4.78, 5) is 11.5. The number of amides is 1. The second kappa shape index (κ2) is 6.76. The van der Waals surface area contributed by atoms with Gasteiger partial charge in [-0.05, 0) is 40.5 Å². The molecule has 1 aliphatic rings. The van der Waals surface area contributed by atoms with Crippen LogP contribution in [0.4, 0.5) is 4.79 Å². The van der Waals surface area contributed by atoms with Crippen molar-refractivity contribution in [1.29, 1.82) is 0 Å². The van der Waals surface area contributed by atoms with Crippen molar-refractivity contribution in [2.24, 2.45) is 0 Å². The summed E-state index contributed by atoms with van der Waals surface area (Å²) in [5.74, 6) is 0.494. The first-order chi connectivity index (χ1) is 9.07. The molecule has 1 rings (SSSR count). The van der Waals surface area contributed by atoms with Gasteiger partial charge in [0.15, 0.2) is 0 Å². The average molecular weight is 306 g/mol. The van der Waals surface area contributed by atoms with Gasteiger partial charge in [-0.25, -0.2) is 13.2 Å². The first-order valence-electron chi connectivity index (χ1n) is 7.01. The van der Waals surface area contributed by atoms with Gasteiger partial charge in [0.25, 0.3) is 0 Å². The first kappa shape index (κ1) is 17.2. The molecule has 1 heterocycles. The average Bonchev–Trinajstić information content (AvgIpc) is 2.27. The van der Waals surface area contributed by atoms with Crippen molar-refractivity contribution < 1.29 is 17.9 Å². The van der Waals surface area contributed by atoms with Crippen molar-refractivity contribution in [3.8, 4) is 0 Å². The van der Waals surface area contributed by atoms with Crippen LogP contribution < -0.4 is 10.6 Å². The summed E-state index contributed by atoms with van der Waals surface area (Å²) in [6.07, 6.45) is 0.843. The molecule has 1 fully saturated rings. The number of carbonyl (C=O) groups is 1. The maximum absolute atomic E-state index is 11.5. The van der Waals surface area contributed by atoms with E-state index in [-0.39, 0.29) is 23.6 Å². The molecule has 118 valence electrons. The summed E-state index contributed by atoms with van der Waals surface area (Å²) < 4.78 is 27.8. The van der Waals surface area contributed by atoms with Gasteiger partial charge in [0.1, 0.15) is 15.4 Å². The Morgan fingerprint density at radius 2 is 1.85 bits per heavy atom. The van der Waals surface area contributed by atoms with Gasteiger partial charge in [0, 0.05) is 18.6 Å². The normalized spacial score (nSPS) is 21.2. The zero-order chi connectivity index (χ0) is 15.4. The number of hydrogen-bond acceptors (Lipinski definition) is 5. The smallest absolute Gasteiger partial charge is 0.407 e. The number of sulfone groups is 1. The van der Waals surface area contributed by atoms with E-state index in [2.05, 4.69) is 10.6 Å². The first-order valence-corrected chi connectivity index (χ1v) is 8.83. The highest BCUT2D eigenvalue weighted by atomic mass is 32.2. The molecule has 0 spiro atoms. The van der Waals surface area contributed by atoms with Gasteiger partial charge < -0.3 is 15.4 Å². The SMILES string of the molecule is CC(CNC(=O)OC(C)(C)C)NC1CCS(=O)(=O)CC1. The van der Waals surface area contributed by atoms with E-state index in [4.69, 9.17) is 4.74 Å². The van der Waals surface area contributed by atoms with Crippen LogP contribution in [-0.2, 0) is 14.6 Å². The van der Waals surface area contributed by atoms with Crippen LogP contribution in [0.2, 0.25) is 0 Å². The third-order valence-electron chi connectivity index (χ3n) is 3.03. The van der Waals surface area contributed by atoms with Crippen molar-refractivity contribution in [2.45, 2.75) is 58.2 Å². The molecule has 0 radical (unpaired) electrons. The Kier molecular flexibility index (Phi) is 5.82. The summed E-state index contributed by atoms with van der Waals surface area (Å²) in [6.45, 7) is 7.86. The van der Waals surface area contributed by atoms with E-state index in [1.165, 1.54) is 0 Å². The van der Waals surface area contributed by atoms with E-state index in [9.17, 15) is 13.2 Å². The largest absolute Gasteiger partial charge is 0.444 e. The van der Waals surface area contributed by atoms with Gasteiger partial charge in [-0.15, -0.1) is 0 Å². The van der Waals surface area contributed by atoms with Crippen LogP contribution in [0.1, 0.15) is 40.5 Å². The second-order valence-corrected chi connectivity index (χ2v) is 8.68. The van der Waals surface area contributed by atoms with Crippen molar-refractivity contribution in [3.63, 3.8) is 0 Å². The van der Waals surface area contributed by atoms with E-state index in [0.717, 1.165) is 0 Å². The quantitative estimate of drug-likeness (QED) is 0.811. The summed E-state index contributed by atoms with van der Waals surface area (Å²) in [5.41, 5.74) is -0.502. The highest BCUT2D eigenvalue weighted by Gasteiger charge is 2.24. The Bertz CT molecular complexity index is 414. The number of alkyl carbamates (subject to hydrolysis) is 1. The predicted molar refractivity (Wildman–Crippen MR) is 78.5 cm³/mol. The summed E-state index contributed by atoms with van der Waals surface area (Å²) in [5, 5.41) is 6.04. The summed E-state index contributed by atoms with van der Waals surface area (Å²) >= 11 is 0. The molecule has 2 N–H and O–H groups in total. The lowest BCUT2D eigenvalue weighted by atomic mass is 10.1. The summed E-state index contributed by atoms with van der Waals surface area (Å²) in [7, 11) is -2.83. The molecule has 1 aliphatic heterocycles. The van der Waals surface area contributed by atoms with Gasteiger partial charge in [-0.1, -0.05) is 0 Å². The maximum atomic E-state index is 11.5. The third kappa shape index (κ3) is 7.09. The lowest BCUT2D eigenvalue weighted by Crippen LogP contribution is -2.47. The number of hydrogen-bond donors (Lipinski definition) is 2. The monoisotopic (exact) mass is 306 g/mol. The maximum Gasteiger partial charge on any atom is 0.407 e. The Morgan fingerprint density at radius 3 is 2.35 bits per heavy atom. The Hall–Kier alpha value is -0.820. The van der Waals surface area contributed by atoms with Gasteiger partial charge in [0.05, 0.1) is 11.5 Å². The number of carbonyl (C=O) groups excluding carboxylic acids is 1. The molecule has 0 aromatic heterocycles. The van der Waals surface area contributed by atoms with Crippen LogP contribution in [0.15, 0.2) is 0 Å². The molecule has 1 unspecified atom stereocenters. The topological polar surface area (TPSA) is 84.5 Å². The molecule has 1 atom stereocenters. The fourth-order valence-electron chi connectivity index (χ4n) is 2.07. The standard InChI is InChI=1S/C13H26N2O4S/c1-10(9-14-12(16)19-13(2,3)4)15-11-5-7-20(17,18)8-6-11/h10-11,15H,5-9H2,1-4H3,(H,14,16). The highest BCUT2D eigenvalue weighted by molar-refractivity contribution is 7.91. The van der Waals surface area contributed by atoms with Crippen LogP contribution >= 0.6 is 0 Å². The lowest BCUT2D eigenvalue weighted by molar-refractivity contribution is 0.0522. The van der Waals surface area contributed by atoms with Crippen LogP contribution in [0.3, 0.4) is 0 Å². The minimum atomic E-state index is -2.83. The van der Waals surface area contributed by atoms with Gasteiger partial charge in [0.2, 0.25) is 0 Å². The van der Waals surface area contributed by atoms with Crippen LogP contribution in [0.25, 0.3) is 0 Å². The van der Waals surface area contributed by atoms with E-state index in [1.807, 2.05) is 27.7 Å². The van der Waals surface area contributed by atoms with Crippen molar-refractivity contribution in [1.82, 2.24) is 10.6 Å². The molecule has 1 amide bonds. The van der Waals surface area contributed by atoms with Gasteiger partial charge >= 0.3 is 6.09 Å². The molecule has 0 aliphatic carbocycles. The molecule has 1 saturated heterocycles. The minimum absolute atomic E-state index is 0.0772. The number of ether oxygens (including phenoxy) is 1. The van der Waals surface area contributed by atoms with Crippen LogP contribution in [0, 0.1) is 0 Å². The van der Waals surface area contributed by atoms with E-state index in [1.54, 1.807) is 0 Å². The van der Waals surface area contributed by atoms with Gasteiger partial charge in [-0.2, -0.15) is 0 Å². The minimum Gasteiger partial charge on any atom is -0.444 e. The molecule has 0 aromatic rings. The fraction of sp³-hybridized carbons (Fsp3) is 0.923. The predicted octanol–water partition coefficient (Wildman–Crippen LogP) is 1.07. The molecule has 0 saturated carbocycles. The molecular weight excluding hydrogens is 280 g/mol. The highest BCUT2D eigenvalue weighted by Crippen LogP contribution is 2.12. The van der Waals surface area contributed by atoms with Crippen molar-refractivity contribution >= 4 is 15.9 Å². The van der Waals surface area contributed by atoms with Crippen molar-refractivity contribution in [3.05, 3.63) is 0 Å². The van der Waals surface area contributed by atoms with Crippen molar-refractivity contribution in [2.75, 3.05) is 18.1 Å². The molecule has 7 heteroatoms. The molecular formula is C13H26N2O4S. The molecule has 6 nitrogen and oxygen atoms in total. The van der Waals surface area contributed by atoms with Gasteiger partial charge in [-0.3, -0.25) is 0 Å². The number of nitrogens with one attached hydrogen (secondary N) is 2. The molecule has 20 heavy (non-hydrogen) atoms. The fourth-order valence-corrected chi connectivity index (χ4v) is 3.56. The van der Waals surface area contributed by atoms with E-state index >= 15 is 0 Å². The van der Waals surface area contributed by atoms with E-state index in [0.29, 0.717) is 19.4 Å². The molecule has 0 bridgehead atoms. The lowest BCUT2D eigenvalue weighted by Gasteiger charge is -2.27. The Labute approximate surface area is 121 Å². The Balaban J connectivity index is 2.24. The third-order valence-corrected chi connectivity index (χ3v) is 4.74. The molecule has 0 aromatic carbocycles. The zero-order valence-corrected chi connectivity index (χ0v) is 13.5.